The van der Waals surface area contributed by atoms with Gasteiger partial charge in [0.2, 0.25) is 5.91 Å². The van der Waals surface area contributed by atoms with Gasteiger partial charge in [-0.2, -0.15) is 0 Å². The van der Waals surface area contributed by atoms with Gasteiger partial charge in [-0.05, 0) is 47.9 Å². The highest BCUT2D eigenvalue weighted by Crippen LogP contribution is 2.22. The third-order valence-electron chi connectivity index (χ3n) is 5.16. The third kappa shape index (κ3) is 5.94. The number of nitrogens with two attached hydrogens (primary N) is 1. The molecule has 5 nitrogen and oxygen atoms in total. The van der Waals surface area contributed by atoms with Gasteiger partial charge in [0.05, 0.1) is 0 Å². The maximum atomic E-state index is 12.9. The number of hydrogen-bond donors (Lipinski definition) is 2. The smallest absolute Gasteiger partial charge is 0.251 e. The third-order valence-corrected chi connectivity index (χ3v) is 5.16. The van der Waals surface area contributed by atoms with Crippen LogP contribution in [-0.4, -0.2) is 42.4 Å². The summed E-state index contributed by atoms with van der Waals surface area (Å²) in [6.07, 6.45) is 0.940. The fraction of sp³-hybridized carbons (Fsp3) is 0.619. The van der Waals surface area contributed by atoms with Gasteiger partial charge in [0.25, 0.3) is 5.91 Å². The predicted molar refractivity (Wildman–Crippen MR) is 112 cm³/mol. The Balaban J connectivity index is 0.00000364. The van der Waals surface area contributed by atoms with Crippen molar-refractivity contribution in [1.82, 2.24) is 10.2 Å². The highest BCUT2D eigenvalue weighted by molar-refractivity contribution is 5.97. The number of hydrogen-bond acceptors (Lipinski definition) is 3. The van der Waals surface area contributed by atoms with E-state index in [1.165, 1.54) is 5.56 Å². The second-order valence-corrected chi connectivity index (χ2v) is 8.70. The number of likely N-dealkylation sites (tertiary alicyclic amines) is 1. The maximum absolute atomic E-state index is 12.9. The molecule has 2 rings (SSSR count). The van der Waals surface area contributed by atoms with Crippen molar-refractivity contribution in [2.45, 2.75) is 52.5 Å². The van der Waals surface area contributed by atoms with Crippen LogP contribution in [0.5, 0.6) is 0 Å². The van der Waals surface area contributed by atoms with Crippen LogP contribution in [0.2, 0.25) is 0 Å². The molecule has 1 aliphatic heterocycles. The van der Waals surface area contributed by atoms with Gasteiger partial charge in [0.15, 0.2) is 0 Å². The number of nitrogens with one attached hydrogen (secondary N) is 1. The van der Waals surface area contributed by atoms with Crippen LogP contribution < -0.4 is 11.1 Å². The summed E-state index contributed by atoms with van der Waals surface area (Å²) in [5, 5.41) is 2.94. The molecule has 0 aromatic heterocycles. The minimum Gasteiger partial charge on any atom is -0.341 e. The Hall–Kier alpha value is -1.59. The van der Waals surface area contributed by atoms with Gasteiger partial charge in [-0.1, -0.05) is 46.8 Å². The topological polar surface area (TPSA) is 75.4 Å². The van der Waals surface area contributed by atoms with Crippen molar-refractivity contribution in [2.75, 3.05) is 19.6 Å². The molecule has 2 atom stereocenters. The van der Waals surface area contributed by atoms with Crippen molar-refractivity contribution < 1.29 is 9.59 Å². The minimum absolute atomic E-state index is 0. The molecule has 0 saturated carbocycles. The molecular weight excluding hydrogens is 362 g/mol. The summed E-state index contributed by atoms with van der Waals surface area (Å²) in [4.78, 5) is 27.4. The summed E-state index contributed by atoms with van der Waals surface area (Å²) in [7, 11) is 0. The van der Waals surface area contributed by atoms with Crippen LogP contribution in [0.15, 0.2) is 24.3 Å². The van der Waals surface area contributed by atoms with Gasteiger partial charge in [0, 0.05) is 18.7 Å². The van der Waals surface area contributed by atoms with Crippen molar-refractivity contribution in [3.63, 3.8) is 0 Å². The molecule has 0 bridgehead atoms. The van der Waals surface area contributed by atoms with Gasteiger partial charge in [0.1, 0.15) is 6.04 Å². The summed E-state index contributed by atoms with van der Waals surface area (Å²) in [5.74, 6) is 0.187. The van der Waals surface area contributed by atoms with Gasteiger partial charge in [-0.3, -0.25) is 9.59 Å². The molecule has 1 heterocycles. The normalized spacial score (nSPS) is 18.2. The molecule has 1 fully saturated rings. The highest BCUT2D eigenvalue weighted by atomic mass is 35.5. The zero-order valence-corrected chi connectivity index (χ0v) is 17.9. The van der Waals surface area contributed by atoms with Gasteiger partial charge >= 0.3 is 0 Å². The van der Waals surface area contributed by atoms with Crippen molar-refractivity contribution in [1.29, 1.82) is 0 Å². The van der Waals surface area contributed by atoms with Crippen LogP contribution in [0.3, 0.4) is 0 Å². The average Bonchev–Trinajstić information content (AvgIpc) is 3.07. The Morgan fingerprint density at radius 2 is 1.81 bits per heavy atom. The van der Waals surface area contributed by atoms with Crippen molar-refractivity contribution in [3.8, 4) is 0 Å². The first-order valence-corrected chi connectivity index (χ1v) is 9.53. The van der Waals surface area contributed by atoms with Gasteiger partial charge in [-0.25, -0.2) is 0 Å². The molecule has 2 unspecified atom stereocenters. The van der Waals surface area contributed by atoms with Gasteiger partial charge < -0.3 is 16.0 Å². The van der Waals surface area contributed by atoms with Crippen molar-refractivity contribution >= 4 is 24.2 Å². The molecule has 152 valence electrons. The largest absolute Gasteiger partial charge is 0.341 e. The van der Waals surface area contributed by atoms with Crippen LogP contribution in [0.25, 0.3) is 0 Å². The first-order chi connectivity index (χ1) is 12.1. The molecule has 1 aliphatic rings. The molecule has 27 heavy (non-hydrogen) atoms. The second kappa shape index (κ2) is 9.56. The quantitative estimate of drug-likeness (QED) is 0.804. The number of nitrogens with zero attached hydrogens (tertiary/aromatic N) is 1. The molecule has 3 N–H and O–H groups in total. The average molecular weight is 396 g/mol. The van der Waals surface area contributed by atoms with Crippen LogP contribution >= 0.6 is 12.4 Å². The van der Waals surface area contributed by atoms with Crippen LogP contribution in [0, 0.1) is 11.8 Å². The lowest BCUT2D eigenvalue weighted by Crippen LogP contribution is -2.50. The molecule has 2 amide bonds. The monoisotopic (exact) mass is 395 g/mol. The number of rotatable bonds is 5. The van der Waals surface area contributed by atoms with Gasteiger partial charge in [-0.15, -0.1) is 12.4 Å². The molecule has 1 aromatic carbocycles. The first kappa shape index (κ1) is 23.4. The fourth-order valence-corrected chi connectivity index (χ4v) is 3.28. The molecule has 0 spiro atoms. The Labute approximate surface area is 169 Å². The molecule has 6 heteroatoms. The molecule has 1 aromatic rings. The zero-order valence-electron chi connectivity index (χ0n) is 17.1. The Morgan fingerprint density at radius 3 is 2.26 bits per heavy atom. The number of amides is 2. The van der Waals surface area contributed by atoms with E-state index in [4.69, 9.17) is 5.73 Å². The predicted octanol–water partition coefficient (Wildman–Crippen LogP) is 2.97. The van der Waals surface area contributed by atoms with E-state index in [-0.39, 0.29) is 35.6 Å². The number of carbonyl (C=O) groups is 2. The van der Waals surface area contributed by atoms with E-state index >= 15 is 0 Å². The van der Waals surface area contributed by atoms with E-state index in [1.54, 1.807) is 0 Å². The number of halogens is 1. The molecule has 0 radical (unpaired) electrons. The maximum Gasteiger partial charge on any atom is 0.251 e. The highest BCUT2D eigenvalue weighted by Gasteiger charge is 2.33. The zero-order chi connectivity index (χ0) is 19.5. The lowest BCUT2D eigenvalue weighted by Gasteiger charge is -2.27. The Morgan fingerprint density at radius 1 is 1.22 bits per heavy atom. The van der Waals surface area contributed by atoms with E-state index in [0.29, 0.717) is 24.6 Å². The summed E-state index contributed by atoms with van der Waals surface area (Å²) in [6.45, 7) is 12.3. The van der Waals surface area contributed by atoms with E-state index < -0.39 is 6.04 Å². The van der Waals surface area contributed by atoms with Crippen LogP contribution in [0.4, 0.5) is 0 Å². The SMILES string of the molecule is CC(C)C(NC(=O)c1ccc(C(C)(C)C)cc1)C(=O)N1CCC(CN)C1.Cl. The van der Waals surface area contributed by atoms with Crippen LogP contribution in [-0.2, 0) is 10.2 Å². The summed E-state index contributed by atoms with van der Waals surface area (Å²) in [6, 6.07) is 7.11. The first-order valence-electron chi connectivity index (χ1n) is 9.53. The Kier molecular flexibility index (Phi) is 8.30. The van der Waals surface area contributed by atoms with Crippen molar-refractivity contribution in [2.24, 2.45) is 17.6 Å². The van der Waals surface area contributed by atoms with Crippen molar-refractivity contribution in [3.05, 3.63) is 35.4 Å². The molecule has 1 saturated heterocycles. The summed E-state index contributed by atoms with van der Waals surface area (Å²) in [5.41, 5.74) is 7.52. The summed E-state index contributed by atoms with van der Waals surface area (Å²) >= 11 is 0. The Bertz CT molecular complexity index is 638. The second-order valence-electron chi connectivity index (χ2n) is 8.70. The number of benzene rings is 1. The van der Waals surface area contributed by atoms with E-state index in [9.17, 15) is 9.59 Å². The van der Waals surface area contributed by atoms with Crippen LogP contribution in [0.1, 0.15) is 57.0 Å². The summed E-state index contributed by atoms with van der Waals surface area (Å²) < 4.78 is 0. The molecule has 0 aliphatic carbocycles. The number of carbonyl (C=O) groups excluding carboxylic acids is 2. The van der Waals surface area contributed by atoms with E-state index in [2.05, 4.69) is 26.1 Å². The lowest BCUT2D eigenvalue weighted by atomic mass is 9.86. The minimum atomic E-state index is -0.513. The fourth-order valence-electron chi connectivity index (χ4n) is 3.28. The standard InChI is InChI=1S/C21H33N3O2.ClH/c1-14(2)18(20(26)24-11-10-15(12-22)13-24)23-19(25)16-6-8-17(9-7-16)21(3,4)5;/h6-9,14-15,18H,10-13,22H2,1-5H3,(H,23,25);1H. The van der Waals surface area contributed by atoms with E-state index in [1.807, 2.05) is 43.0 Å². The lowest BCUT2D eigenvalue weighted by molar-refractivity contribution is -0.133. The molecular formula is C21H34ClN3O2. The van der Waals surface area contributed by atoms with E-state index in [0.717, 1.165) is 13.0 Å².